The first-order chi connectivity index (χ1) is 10.8. The first-order valence-corrected chi connectivity index (χ1v) is 9.05. The van der Waals surface area contributed by atoms with Crippen LogP contribution in [0.3, 0.4) is 0 Å². The van der Waals surface area contributed by atoms with Gasteiger partial charge in [-0.1, -0.05) is 12.1 Å². The second-order valence-electron chi connectivity index (χ2n) is 6.68. The minimum atomic E-state index is -0.248. The molecule has 0 saturated carbocycles. The largest absolute Gasteiger partial charge is 0.370 e. The number of amides is 1. The number of hydrogen-bond acceptors (Lipinski definition) is 3. The Hall–Kier alpha value is -1.69. The summed E-state index contributed by atoms with van der Waals surface area (Å²) in [5.74, 6) is 2.72. The predicted octanol–water partition coefficient (Wildman–Crippen LogP) is 2.08. The Morgan fingerprint density at radius 2 is 2.04 bits per heavy atom. The summed E-state index contributed by atoms with van der Waals surface area (Å²) < 4.78 is 0. The van der Waals surface area contributed by atoms with E-state index in [1.165, 1.54) is 0 Å². The second-order valence-corrected chi connectivity index (χ2v) is 7.90. The van der Waals surface area contributed by atoms with E-state index in [1.54, 1.807) is 0 Å². The number of nitrogens with zero attached hydrogens (tertiary/aromatic N) is 2. The van der Waals surface area contributed by atoms with Crippen LogP contribution in [-0.4, -0.2) is 46.9 Å². The van der Waals surface area contributed by atoms with Gasteiger partial charge in [0, 0.05) is 35.7 Å². The summed E-state index contributed by atoms with van der Waals surface area (Å²) in [6.45, 7) is 8.30. The van der Waals surface area contributed by atoms with E-state index in [0.717, 1.165) is 30.2 Å². The van der Waals surface area contributed by atoms with Gasteiger partial charge in [0.05, 0.1) is 6.54 Å². The van der Waals surface area contributed by atoms with E-state index in [2.05, 4.69) is 15.2 Å². The van der Waals surface area contributed by atoms with E-state index in [-0.39, 0.29) is 11.4 Å². The van der Waals surface area contributed by atoms with Gasteiger partial charge in [0.15, 0.2) is 5.96 Å². The van der Waals surface area contributed by atoms with Crippen molar-refractivity contribution in [3.8, 4) is 0 Å². The van der Waals surface area contributed by atoms with Crippen LogP contribution in [0, 0.1) is 0 Å². The molecule has 0 spiro atoms. The molecular weight excluding hydrogens is 308 g/mol. The first kappa shape index (κ1) is 17.7. The van der Waals surface area contributed by atoms with Crippen LogP contribution in [0.15, 0.2) is 29.3 Å². The molecule has 1 aromatic carbocycles. The van der Waals surface area contributed by atoms with Crippen LogP contribution >= 0.6 is 11.8 Å². The third kappa shape index (κ3) is 5.78. The van der Waals surface area contributed by atoms with Crippen LogP contribution in [0.25, 0.3) is 0 Å². The topological polar surface area (TPSA) is 70.7 Å². The number of aliphatic imine (C=N–C) groups is 1. The molecule has 126 valence electrons. The van der Waals surface area contributed by atoms with E-state index in [4.69, 9.17) is 5.73 Å². The second kappa shape index (κ2) is 7.73. The summed E-state index contributed by atoms with van der Waals surface area (Å²) in [4.78, 5) is 18.8. The number of hydrogen-bond donors (Lipinski definition) is 2. The number of guanidine groups is 1. The zero-order chi connectivity index (χ0) is 16.9. The van der Waals surface area contributed by atoms with Gasteiger partial charge in [0.25, 0.3) is 5.91 Å². The van der Waals surface area contributed by atoms with Crippen molar-refractivity contribution in [1.82, 2.24) is 10.2 Å². The van der Waals surface area contributed by atoms with Crippen molar-refractivity contribution in [3.63, 3.8) is 0 Å². The molecule has 1 aliphatic rings. The Morgan fingerprint density at radius 1 is 1.35 bits per heavy atom. The first-order valence-electron chi connectivity index (χ1n) is 7.89. The van der Waals surface area contributed by atoms with Crippen molar-refractivity contribution in [2.45, 2.75) is 32.9 Å². The minimum Gasteiger partial charge on any atom is -0.370 e. The van der Waals surface area contributed by atoms with E-state index >= 15 is 0 Å². The van der Waals surface area contributed by atoms with Gasteiger partial charge in [-0.3, -0.25) is 4.79 Å². The van der Waals surface area contributed by atoms with Crippen LogP contribution in [-0.2, 0) is 6.54 Å². The average molecular weight is 334 g/mol. The van der Waals surface area contributed by atoms with Crippen molar-refractivity contribution in [3.05, 3.63) is 35.4 Å². The van der Waals surface area contributed by atoms with Gasteiger partial charge in [0.2, 0.25) is 0 Å². The Bertz CT molecular complexity index is 574. The standard InChI is InChI=1S/C17H26N4OS/c1-17(2,3)20-15(22)14-6-4-5-13(11-14)12-19-16(18)21-7-9-23-10-8-21/h4-6,11H,7-10,12H2,1-3H3,(H2,18,19)(H,20,22). The monoisotopic (exact) mass is 334 g/mol. The van der Waals surface area contributed by atoms with Crippen LogP contribution in [0.1, 0.15) is 36.7 Å². The summed E-state index contributed by atoms with van der Waals surface area (Å²) in [5, 5.41) is 2.97. The van der Waals surface area contributed by atoms with E-state index in [1.807, 2.05) is 56.8 Å². The minimum absolute atomic E-state index is 0.0654. The number of benzene rings is 1. The Morgan fingerprint density at radius 3 is 2.70 bits per heavy atom. The Labute approximate surface area is 142 Å². The summed E-state index contributed by atoms with van der Waals surface area (Å²) >= 11 is 1.94. The van der Waals surface area contributed by atoms with Crippen LogP contribution in [0.2, 0.25) is 0 Å². The van der Waals surface area contributed by atoms with Gasteiger partial charge in [0.1, 0.15) is 0 Å². The fourth-order valence-electron chi connectivity index (χ4n) is 2.29. The smallest absolute Gasteiger partial charge is 0.251 e. The molecule has 0 bridgehead atoms. The summed E-state index contributed by atoms with van der Waals surface area (Å²) in [5.41, 5.74) is 7.46. The summed E-state index contributed by atoms with van der Waals surface area (Å²) in [7, 11) is 0. The average Bonchev–Trinajstić information content (AvgIpc) is 2.52. The zero-order valence-electron chi connectivity index (χ0n) is 14.1. The van der Waals surface area contributed by atoms with Crippen molar-refractivity contribution < 1.29 is 4.79 Å². The van der Waals surface area contributed by atoms with Gasteiger partial charge in [-0.15, -0.1) is 0 Å². The molecule has 2 rings (SSSR count). The van der Waals surface area contributed by atoms with Gasteiger partial charge in [-0.2, -0.15) is 11.8 Å². The molecule has 1 saturated heterocycles. The van der Waals surface area contributed by atoms with Gasteiger partial charge in [-0.25, -0.2) is 4.99 Å². The maximum absolute atomic E-state index is 12.2. The van der Waals surface area contributed by atoms with Crippen molar-refractivity contribution in [2.75, 3.05) is 24.6 Å². The third-order valence-electron chi connectivity index (χ3n) is 3.44. The molecule has 1 aromatic rings. The molecule has 1 fully saturated rings. The van der Waals surface area contributed by atoms with E-state index in [0.29, 0.717) is 18.1 Å². The van der Waals surface area contributed by atoms with Gasteiger partial charge in [-0.05, 0) is 38.5 Å². The van der Waals surface area contributed by atoms with Crippen LogP contribution in [0.4, 0.5) is 0 Å². The van der Waals surface area contributed by atoms with Gasteiger partial charge < -0.3 is 16.0 Å². The molecule has 0 aromatic heterocycles. The normalized spacial score (nSPS) is 16.3. The highest BCUT2D eigenvalue weighted by atomic mass is 32.2. The molecule has 0 atom stereocenters. The Balaban J connectivity index is 2.00. The number of thioether (sulfide) groups is 1. The number of nitrogens with one attached hydrogen (secondary N) is 1. The molecule has 3 N–H and O–H groups in total. The molecule has 23 heavy (non-hydrogen) atoms. The molecule has 6 heteroatoms. The van der Waals surface area contributed by atoms with Gasteiger partial charge >= 0.3 is 0 Å². The van der Waals surface area contributed by atoms with Crippen molar-refractivity contribution >= 4 is 23.6 Å². The van der Waals surface area contributed by atoms with Crippen molar-refractivity contribution in [2.24, 2.45) is 10.7 Å². The summed E-state index contributed by atoms with van der Waals surface area (Å²) in [6.07, 6.45) is 0. The number of carbonyl (C=O) groups is 1. The zero-order valence-corrected chi connectivity index (χ0v) is 14.9. The molecule has 0 aliphatic carbocycles. The molecule has 1 heterocycles. The lowest BCUT2D eigenvalue weighted by Crippen LogP contribution is -2.42. The number of nitrogens with two attached hydrogens (primary N) is 1. The molecule has 0 radical (unpaired) electrons. The highest BCUT2D eigenvalue weighted by Gasteiger charge is 2.15. The number of carbonyl (C=O) groups excluding carboxylic acids is 1. The molecule has 0 unspecified atom stereocenters. The fourth-order valence-corrected chi connectivity index (χ4v) is 3.19. The lowest BCUT2D eigenvalue weighted by molar-refractivity contribution is 0.0919. The number of rotatable bonds is 3. The molecule has 5 nitrogen and oxygen atoms in total. The highest BCUT2D eigenvalue weighted by molar-refractivity contribution is 7.99. The van der Waals surface area contributed by atoms with Crippen LogP contribution in [0.5, 0.6) is 0 Å². The maximum atomic E-state index is 12.2. The molecule has 1 amide bonds. The highest BCUT2D eigenvalue weighted by Crippen LogP contribution is 2.11. The molecule has 1 aliphatic heterocycles. The summed E-state index contributed by atoms with van der Waals surface area (Å²) in [6, 6.07) is 7.55. The van der Waals surface area contributed by atoms with E-state index in [9.17, 15) is 4.79 Å². The van der Waals surface area contributed by atoms with E-state index < -0.39 is 0 Å². The van der Waals surface area contributed by atoms with Crippen LogP contribution < -0.4 is 11.1 Å². The SMILES string of the molecule is CC(C)(C)NC(=O)c1cccc(CN=C(N)N2CCSCC2)c1. The Kier molecular flexibility index (Phi) is 5.93. The molecular formula is C17H26N4OS. The maximum Gasteiger partial charge on any atom is 0.251 e. The van der Waals surface area contributed by atoms with Crippen molar-refractivity contribution in [1.29, 1.82) is 0 Å². The quantitative estimate of drug-likeness (QED) is 0.656. The predicted molar refractivity (Wildman–Crippen MR) is 97.9 cm³/mol. The fraction of sp³-hybridized carbons (Fsp3) is 0.529. The third-order valence-corrected chi connectivity index (χ3v) is 4.38. The lowest BCUT2D eigenvalue weighted by Gasteiger charge is -2.27. The lowest BCUT2D eigenvalue weighted by atomic mass is 10.1.